The Balaban J connectivity index is 3.51. The fourth-order valence-electron chi connectivity index (χ4n) is 1.46. The zero-order valence-electron chi connectivity index (χ0n) is 11.0. The van der Waals surface area contributed by atoms with Gasteiger partial charge in [0, 0.05) is 6.54 Å². The molecular weight excluding hydrogens is 224 g/mol. The van der Waals surface area contributed by atoms with E-state index in [1.807, 2.05) is 27.9 Å². The minimum Gasteiger partial charge on any atom is -0.316 e. The molecule has 5 heteroatoms. The molecule has 0 unspecified atom stereocenters. The predicted octanol–water partition coefficient (Wildman–Crippen LogP) is 0.599. The highest BCUT2D eigenvalue weighted by Crippen LogP contribution is 1.99. The SMILES string of the molecule is CC(C)CS(=O)(=O)CCNCCCN(C)C. The maximum atomic E-state index is 11.5. The van der Waals surface area contributed by atoms with Crippen LogP contribution in [0.1, 0.15) is 20.3 Å². The fraction of sp³-hybridized carbons (Fsp3) is 1.00. The Morgan fingerprint density at radius 3 is 2.31 bits per heavy atom. The lowest BCUT2D eigenvalue weighted by atomic mass is 10.3. The minimum absolute atomic E-state index is 0.221. The third-order valence-corrected chi connectivity index (χ3v) is 4.14. The van der Waals surface area contributed by atoms with Gasteiger partial charge in [-0.15, -0.1) is 0 Å². The maximum absolute atomic E-state index is 11.5. The molecule has 4 nitrogen and oxygen atoms in total. The number of sulfone groups is 1. The molecule has 0 aliphatic carbocycles. The van der Waals surface area contributed by atoms with Gasteiger partial charge in [0.2, 0.25) is 0 Å². The van der Waals surface area contributed by atoms with Gasteiger partial charge in [-0.25, -0.2) is 8.42 Å². The van der Waals surface area contributed by atoms with Crippen LogP contribution in [0.25, 0.3) is 0 Å². The van der Waals surface area contributed by atoms with Crippen LogP contribution in [-0.4, -0.2) is 58.6 Å². The van der Waals surface area contributed by atoms with Crippen molar-refractivity contribution in [1.82, 2.24) is 10.2 Å². The average Bonchev–Trinajstić information content (AvgIpc) is 2.08. The van der Waals surface area contributed by atoms with Gasteiger partial charge in [0.05, 0.1) is 11.5 Å². The molecule has 0 aromatic carbocycles. The van der Waals surface area contributed by atoms with Gasteiger partial charge >= 0.3 is 0 Å². The molecular formula is C11H26N2O2S. The van der Waals surface area contributed by atoms with E-state index in [0.29, 0.717) is 12.3 Å². The summed E-state index contributed by atoms with van der Waals surface area (Å²) in [5.74, 6) is 0.776. The molecule has 0 amide bonds. The maximum Gasteiger partial charge on any atom is 0.151 e. The van der Waals surface area contributed by atoms with Crippen LogP contribution in [0.5, 0.6) is 0 Å². The number of nitrogens with one attached hydrogen (secondary N) is 1. The van der Waals surface area contributed by atoms with Gasteiger partial charge in [-0.05, 0) is 39.5 Å². The third kappa shape index (κ3) is 10.4. The summed E-state index contributed by atoms with van der Waals surface area (Å²) < 4.78 is 23.1. The number of nitrogens with zero attached hydrogens (tertiary/aromatic N) is 1. The molecule has 0 aliphatic heterocycles. The Kier molecular flexibility index (Phi) is 7.97. The van der Waals surface area contributed by atoms with Crippen molar-refractivity contribution < 1.29 is 8.42 Å². The molecule has 0 fully saturated rings. The van der Waals surface area contributed by atoms with Crippen molar-refractivity contribution in [1.29, 1.82) is 0 Å². The molecule has 0 aromatic heterocycles. The van der Waals surface area contributed by atoms with Crippen molar-refractivity contribution in [2.75, 3.05) is 45.2 Å². The Bertz CT molecular complexity index is 261. The molecule has 0 saturated heterocycles. The van der Waals surface area contributed by atoms with Crippen molar-refractivity contribution in [2.45, 2.75) is 20.3 Å². The standard InChI is InChI=1S/C11H26N2O2S/c1-11(2)10-16(14,15)9-7-12-6-5-8-13(3)4/h11-12H,5-10H2,1-4H3. The second kappa shape index (κ2) is 8.03. The Morgan fingerprint density at radius 2 is 1.81 bits per heavy atom. The molecule has 0 saturated carbocycles. The van der Waals surface area contributed by atoms with Crippen LogP contribution < -0.4 is 5.32 Å². The summed E-state index contributed by atoms with van der Waals surface area (Å²) in [6, 6.07) is 0. The van der Waals surface area contributed by atoms with Gasteiger partial charge in [0.15, 0.2) is 9.84 Å². The first-order valence-electron chi connectivity index (χ1n) is 5.89. The first-order chi connectivity index (χ1) is 7.33. The first-order valence-corrected chi connectivity index (χ1v) is 7.71. The quantitative estimate of drug-likeness (QED) is 0.609. The molecule has 0 spiro atoms. The van der Waals surface area contributed by atoms with E-state index >= 15 is 0 Å². The van der Waals surface area contributed by atoms with Crippen LogP contribution in [0.15, 0.2) is 0 Å². The molecule has 98 valence electrons. The summed E-state index contributed by atoms with van der Waals surface area (Å²) in [6.45, 7) is 6.35. The van der Waals surface area contributed by atoms with Gasteiger partial charge in [0.1, 0.15) is 0 Å². The number of hydrogen-bond acceptors (Lipinski definition) is 4. The number of hydrogen-bond donors (Lipinski definition) is 1. The van der Waals surface area contributed by atoms with Crippen molar-refractivity contribution in [3.8, 4) is 0 Å². The second-order valence-electron chi connectivity index (χ2n) is 4.92. The Hall–Kier alpha value is -0.130. The third-order valence-electron chi connectivity index (χ3n) is 2.14. The molecule has 0 bridgehead atoms. The summed E-state index contributed by atoms with van der Waals surface area (Å²) in [5.41, 5.74) is 0. The highest BCUT2D eigenvalue weighted by atomic mass is 32.2. The molecule has 0 radical (unpaired) electrons. The number of rotatable bonds is 9. The predicted molar refractivity (Wildman–Crippen MR) is 69.5 cm³/mol. The van der Waals surface area contributed by atoms with Gasteiger partial charge in [0.25, 0.3) is 0 Å². The molecule has 1 N–H and O–H groups in total. The Morgan fingerprint density at radius 1 is 1.19 bits per heavy atom. The zero-order chi connectivity index (χ0) is 12.6. The lowest BCUT2D eigenvalue weighted by molar-refractivity contribution is 0.395. The van der Waals surface area contributed by atoms with Crippen LogP contribution in [0.2, 0.25) is 0 Å². The van der Waals surface area contributed by atoms with Crippen LogP contribution >= 0.6 is 0 Å². The van der Waals surface area contributed by atoms with Crippen molar-refractivity contribution in [3.63, 3.8) is 0 Å². The topological polar surface area (TPSA) is 49.4 Å². The van der Waals surface area contributed by atoms with E-state index in [1.54, 1.807) is 0 Å². The summed E-state index contributed by atoms with van der Waals surface area (Å²) in [6.07, 6.45) is 1.05. The van der Waals surface area contributed by atoms with E-state index in [1.165, 1.54) is 0 Å². The molecule has 0 aliphatic rings. The summed E-state index contributed by atoms with van der Waals surface area (Å²) in [4.78, 5) is 2.12. The zero-order valence-corrected chi connectivity index (χ0v) is 11.8. The van der Waals surface area contributed by atoms with Crippen LogP contribution in [0, 0.1) is 5.92 Å². The van der Waals surface area contributed by atoms with E-state index in [0.717, 1.165) is 19.5 Å². The summed E-state index contributed by atoms with van der Waals surface area (Å²) >= 11 is 0. The fourth-order valence-corrected chi connectivity index (χ4v) is 3.10. The van der Waals surface area contributed by atoms with E-state index < -0.39 is 9.84 Å². The first kappa shape index (κ1) is 15.9. The summed E-state index contributed by atoms with van der Waals surface area (Å²) in [7, 11) is 1.21. The lowest BCUT2D eigenvalue weighted by Gasteiger charge is -2.10. The molecule has 16 heavy (non-hydrogen) atoms. The minimum atomic E-state index is -2.86. The van der Waals surface area contributed by atoms with Crippen LogP contribution in [0.3, 0.4) is 0 Å². The van der Waals surface area contributed by atoms with E-state index in [9.17, 15) is 8.42 Å². The average molecular weight is 250 g/mol. The van der Waals surface area contributed by atoms with Crippen molar-refractivity contribution >= 4 is 9.84 Å². The highest BCUT2D eigenvalue weighted by Gasteiger charge is 2.12. The smallest absolute Gasteiger partial charge is 0.151 e. The van der Waals surface area contributed by atoms with Gasteiger partial charge in [-0.3, -0.25) is 0 Å². The molecule has 0 rings (SSSR count). The van der Waals surface area contributed by atoms with E-state index in [2.05, 4.69) is 10.2 Å². The normalized spacial score (nSPS) is 12.6. The molecule has 0 aromatic rings. The monoisotopic (exact) mass is 250 g/mol. The largest absolute Gasteiger partial charge is 0.316 e. The van der Waals surface area contributed by atoms with Crippen molar-refractivity contribution in [3.05, 3.63) is 0 Å². The van der Waals surface area contributed by atoms with Crippen LogP contribution in [-0.2, 0) is 9.84 Å². The van der Waals surface area contributed by atoms with E-state index in [-0.39, 0.29) is 11.7 Å². The molecule has 0 atom stereocenters. The lowest BCUT2D eigenvalue weighted by Crippen LogP contribution is -2.28. The van der Waals surface area contributed by atoms with Gasteiger partial charge in [-0.2, -0.15) is 0 Å². The Labute approximate surface area is 100 Å². The van der Waals surface area contributed by atoms with Crippen LogP contribution in [0.4, 0.5) is 0 Å². The van der Waals surface area contributed by atoms with Gasteiger partial charge in [-0.1, -0.05) is 13.8 Å². The second-order valence-corrected chi connectivity index (χ2v) is 7.14. The van der Waals surface area contributed by atoms with Crippen molar-refractivity contribution in [2.24, 2.45) is 5.92 Å². The highest BCUT2D eigenvalue weighted by molar-refractivity contribution is 7.91. The molecule has 0 heterocycles. The summed E-state index contributed by atoms with van der Waals surface area (Å²) in [5, 5.41) is 3.16. The van der Waals surface area contributed by atoms with E-state index in [4.69, 9.17) is 0 Å². The van der Waals surface area contributed by atoms with Gasteiger partial charge < -0.3 is 10.2 Å².